The Balaban J connectivity index is 2.43. The molecule has 0 saturated heterocycles. The summed E-state index contributed by atoms with van der Waals surface area (Å²) in [6.45, 7) is 3.41. The molecule has 2 aromatic carbocycles. The zero-order chi connectivity index (χ0) is 17.2. The highest BCUT2D eigenvalue weighted by atomic mass is 32.2. The predicted octanol–water partition coefficient (Wildman–Crippen LogP) is 2.93. The maximum Gasteiger partial charge on any atom is 0.255 e. The predicted molar refractivity (Wildman–Crippen MR) is 93.5 cm³/mol. The molecule has 0 bridgehead atoms. The fourth-order valence-electron chi connectivity index (χ4n) is 2.20. The van der Waals surface area contributed by atoms with E-state index in [2.05, 4.69) is 5.32 Å². The van der Waals surface area contributed by atoms with Gasteiger partial charge in [0.25, 0.3) is 5.91 Å². The lowest BCUT2D eigenvalue weighted by Crippen LogP contribution is -2.18. The van der Waals surface area contributed by atoms with Gasteiger partial charge in [-0.25, -0.2) is 13.6 Å². The van der Waals surface area contributed by atoms with Crippen molar-refractivity contribution in [3.63, 3.8) is 0 Å². The molecule has 0 saturated carbocycles. The van der Waals surface area contributed by atoms with Crippen LogP contribution in [0, 0.1) is 13.8 Å². The minimum absolute atomic E-state index is 0.0270. The molecule has 0 aliphatic heterocycles. The van der Waals surface area contributed by atoms with E-state index in [0.717, 1.165) is 4.90 Å². The summed E-state index contributed by atoms with van der Waals surface area (Å²) in [5.41, 5.74) is 2.18. The zero-order valence-corrected chi connectivity index (χ0v) is 14.7. The molecule has 0 atom stereocenters. The van der Waals surface area contributed by atoms with Gasteiger partial charge in [0.2, 0.25) is 10.0 Å². The first kappa shape index (κ1) is 17.5. The summed E-state index contributed by atoms with van der Waals surface area (Å²) in [5, 5.41) is 8.04. The summed E-state index contributed by atoms with van der Waals surface area (Å²) in [6.07, 6.45) is 1.92. The van der Waals surface area contributed by atoms with Crippen molar-refractivity contribution in [2.24, 2.45) is 5.14 Å². The van der Waals surface area contributed by atoms with Crippen LogP contribution in [-0.2, 0) is 10.0 Å². The normalized spacial score (nSPS) is 11.3. The second-order valence-corrected chi connectivity index (χ2v) is 7.49. The first-order valence-corrected chi connectivity index (χ1v) is 9.59. The molecule has 0 aliphatic carbocycles. The summed E-state index contributed by atoms with van der Waals surface area (Å²) in [4.78, 5) is 13.4. The number of amides is 1. The monoisotopic (exact) mass is 350 g/mol. The van der Waals surface area contributed by atoms with E-state index in [0.29, 0.717) is 16.8 Å². The number of benzene rings is 2. The van der Waals surface area contributed by atoms with Crippen LogP contribution in [0.4, 0.5) is 5.69 Å². The van der Waals surface area contributed by atoms with Crippen molar-refractivity contribution >= 4 is 33.4 Å². The van der Waals surface area contributed by atoms with Gasteiger partial charge in [-0.2, -0.15) is 0 Å². The highest BCUT2D eigenvalue weighted by Gasteiger charge is 2.18. The molecule has 3 N–H and O–H groups in total. The number of nitrogens with one attached hydrogen (secondary N) is 1. The van der Waals surface area contributed by atoms with Gasteiger partial charge in [0.15, 0.2) is 0 Å². The molecule has 23 heavy (non-hydrogen) atoms. The number of rotatable bonds is 4. The summed E-state index contributed by atoms with van der Waals surface area (Å²) in [6, 6.07) is 10.4. The average molecular weight is 350 g/mol. The first-order valence-electron chi connectivity index (χ1n) is 6.82. The Labute approximate surface area is 140 Å². The number of hydrogen-bond acceptors (Lipinski definition) is 4. The maximum atomic E-state index is 12.5. The van der Waals surface area contributed by atoms with Gasteiger partial charge in [0.05, 0.1) is 10.6 Å². The van der Waals surface area contributed by atoms with Crippen LogP contribution in [-0.4, -0.2) is 20.6 Å². The smallest absolute Gasteiger partial charge is 0.255 e. The van der Waals surface area contributed by atoms with E-state index in [1.165, 1.54) is 17.8 Å². The molecule has 1 amide bonds. The quantitative estimate of drug-likeness (QED) is 0.830. The standard InChI is InChI=1S/C16H18N2O3S2/c1-10-8-12(9-15(11(10)2)23(17,20)21)16(19)18-13-6-4-5-7-14(13)22-3/h4-9H,1-3H3,(H,18,19)(H2,17,20,21). The fourth-order valence-corrected chi connectivity index (χ4v) is 3.63. The summed E-state index contributed by atoms with van der Waals surface area (Å²) in [5.74, 6) is -0.375. The molecule has 5 nitrogen and oxygen atoms in total. The van der Waals surface area contributed by atoms with E-state index in [4.69, 9.17) is 5.14 Å². The fraction of sp³-hybridized carbons (Fsp3) is 0.188. The Hall–Kier alpha value is -1.83. The molecule has 122 valence electrons. The van der Waals surface area contributed by atoms with Gasteiger partial charge in [-0.15, -0.1) is 11.8 Å². The third-order valence-corrected chi connectivity index (χ3v) is 5.38. The van der Waals surface area contributed by atoms with Crippen molar-refractivity contribution in [3.8, 4) is 0 Å². The largest absolute Gasteiger partial charge is 0.321 e. The SMILES string of the molecule is CSc1ccccc1NC(=O)c1cc(C)c(C)c(S(N)(=O)=O)c1. The van der Waals surface area contributed by atoms with Crippen molar-refractivity contribution in [1.29, 1.82) is 0 Å². The molecule has 0 spiro atoms. The molecular weight excluding hydrogens is 332 g/mol. The molecular formula is C16H18N2O3S2. The first-order chi connectivity index (χ1) is 10.7. The van der Waals surface area contributed by atoms with Crippen molar-refractivity contribution in [1.82, 2.24) is 0 Å². The van der Waals surface area contributed by atoms with Crippen LogP contribution in [0.1, 0.15) is 21.5 Å². The number of carbonyl (C=O) groups excluding carboxylic acids is 1. The van der Waals surface area contributed by atoms with E-state index >= 15 is 0 Å². The Morgan fingerprint density at radius 3 is 2.43 bits per heavy atom. The van der Waals surface area contributed by atoms with Gasteiger partial charge in [-0.05, 0) is 55.5 Å². The van der Waals surface area contributed by atoms with E-state index < -0.39 is 10.0 Å². The van der Waals surface area contributed by atoms with Crippen LogP contribution in [0.25, 0.3) is 0 Å². The lowest BCUT2D eigenvalue weighted by molar-refractivity contribution is 0.102. The van der Waals surface area contributed by atoms with Crippen LogP contribution < -0.4 is 10.5 Å². The Morgan fingerprint density at radius 1 is 1.17 bits per heavy atom. The second kappa shape index (κ2) is 6.74. The molecule has 7 heteroatoms. The Bertz CT molecular complexity index is 862. The summed E-state index contributed by atoms with van der Waals surface area (Å²) in [7, 11) is -3.88. The van der Waals surface area contributed by atoms with Gasteiger partial charge >= 0.3 is 0 Å². The molecule has 2 rings (SSSR count). The zero-order valence-electron chi connectivity index (χ0n) is 13.1. The minimum atomic E-state index is -3.88. The number of sulfonamides is 1. The van der Waals surface area contributed by atoms with E-state index in [-0.39, 0.29) is 16.4 Å². The lowest BCUT2D eigenvalue weighted by Gasteiger charge is -2.12. The average Bonchev–Trinajstić information content (AvgIpc) is 2.49. The van der Waals surface area contributed by atoms with Crippen molar-refractivity contribution < 1.29 is 13.2 Å². The van der Waals surface area contributed by atoms with Crippen LogP contribution in [0.5, 0.6) is 0 Å². The Morgan fingerprint density at radius 2 is 1.83 bits per heavy atom. The van der Waals surface area contributed by atoms with Gasteiger partial charge < -0.3 is 5.32 Å². The van der Waals surface area contributed by atoms with Gasteiger partial charge in [-0.3, -0.25) is 4.79 Å². The number of thioether (sulfide) groups is 1. The number of primary sulfonamides is 1. The number of nitrogens with two attached hydrogens (primary N) is 1. The molecule has 2 aromatic rings. The summed E-state index contributed by atoms with van der Waals surface area (Å²) < 4.78 is 23.4. The van der Waals surface area contributed by atoms with Gasteiger partial charge in [-0.1, -0.05) is 12.1 Å². The van der Waals surface area contributed by atoms with E-state index in [1.807, 2.05) is 24.5 Å². The maximum absolute atomic E-state index is 12.5. The van der Waals surface area contributed by atoms with Crippen LogP contribution in [0.15, 0.2) is 46.2 Å². The van der Waals surface area contributed by atoms with Gasteiger partial charge in [0.1, 0.15) is 0 Å². The molecule has 0 radical (unpaired) electrons. The highest BCUT2D eigenvalue weighted by molar-refractivity contribution is 7.98. The molecule has 0 unspecified atom stereocenters. The molecule has 0 aliphatic rings. The van der Waals surface area contributed by atoms with Crippen LogP contribution in [0.2, 0.25) is 0 Å². The van der Waals surface area contributed by atoms with Crippen molar-refractivity contribution in [2.45, 2.75) is 23.6 Å². The minimum Gasteiger partial charge on any atom is -0.321 e. The number of anilines is 1. The number of carbonyl (C=O) groups is 1. The lowest BCUT2D eigenvalue weighted by atomic mass is 10.1. The van der Waals surface area contributed by atoms with Crippen LogP contribution >= 0.6 is 11.8 Å². The topological polar surface area (TPSA) is 89.3 Å². The van der Waals surface area contributed by atoms with Gasteiger partial charge in [0, 0.05) is 10.5 Å². The van der Waals surface area contributed by atoms with E-state index in [9.17, 15) is 13.2 Å². The second-order valence-electron chi connectivity index (χ2n) is 5.12. The van der Waals surface area contributed by atoms with Crippen LogP contribution in [0.3, 0.4) is 0 Å². The number of aryl methyl sites for hydroxylation is 1. The third kappa shape index (κ3) is 3.93. The molecule has 0 fully saturated rings. The molecule has 0 heterocycles. The van der Waals surface area contributed by atoms with Crippen molar-refractivity contribution in [3.05, 3.63) is 53.1 Å². The van der Waals surface area contributed by atoms with E-state index in [1.54, 1.807) is 26.0 Å². The highest BCUT2D eigenvalue weighted by Crippen LogP contribution is 2.26. The number of hydrogen-bond donors (Lipinski definition) is 2. The number of para-hydroxylation sites is 1. The van der Waals surface area contributed by atoms with Crippen molar-refractivity contribution in [2.75, 3.05) is 11.6 Å². The summed E-state index contributed by atoms with van der Waals surface area (Å²) >= 11 is 1.52. The Kier molecular flexibility index (Phi) is 5.13. The molecule has 0 aromatic heterocycles. The third-order valence-electron chi connectivity index (χ3n) is 3.54.